The molecule has 1 saturated heterocycles. The summed E-state index contributed by atoms with van der Waals surface area (Å²) in [4.78, 5) is 107. The number of nitrogens with zero attached hydrogens (tertiary/aromatic N) is 1. The van der Waals surface area contributed by atoms with Crippen molar-refractivity contribution in [1.29, 1.82) is 0 Å². The van der Waals surface area contributed by atoms with E-state index in [9.17, 15) is 53.7 Å². The van der Waals surface area contributed by atoms with Gasteiger partial charge in [-0.15, -0.1) is 0 Å². The summed E-state index contributed by atoms with van der Waals surface area (Å²) in [6.07, 6.45) is -2.53. The first-order chi connectivity index (χ1) is 24.8. The fraction of sp³-hybridized carbons (Fsp3) is 0.690. The SMILES string of the molecule is CC(C)C[C@H]1NC(=O)[C@H]([C@@H](C)O)NC(=O)[C@@H](CC(=O)O)NC(=O)[C@H](CO)NC(=O)[C@@H](CCCN=C(N)N)NC(=O)[C@H](N)CSSC[C@H](C(N)=O)NC1=O. The second kappa shape index (κ2) is 23.3. The van der Waals surface area contributed by atoms with Gasteiger partial charge in [-0.05, 0) is 32.1 Å². The van der Waals surface area contributed by atoms with E-state index in [4.69, 9.17) is 22.9 Å². The molecule has 300 valence electrons. The van der Waals surface area contributed by atoms with Crippen LogP contribution in [0.4, 0.5) is 0 Å². The maximum Gasteiger partial charge on any atom is 0.305 e. The number of hydrogen-bond donors (Lipinski definition) is 13. The molecule has 0 unspecified atom stereocenters. The van der Waals surface area contributed by atoms with Crippen LogP contribution < -0.4 is 54.8 Å². The molecule has 22 nitrogen and oxygen atoms in total. The third kappa shape index (κ3) is 17.3. The number of carbonyl (C=O) groups is 8. The van der Waals surface area contributed by atoms with Gasteiger partial charge in [-0.2, -0.15) is 0 Å². The van der Waals surface area contributed by atoms with Crippen molar-refractivity contribution in [2.45, 2.75) is 94.9 Å². The maximum atomic E-state index is 13.4. The first-order valence-corrected chi connectivity index (χ1v) is 18.9. The lowest BCUT2D eigenvalue weighted by molar-refractivity contribution is -0.142. The van der Waals surface area contributed by atoms with Crippen molar-refractivity contribution in [3.05, 3.63) is 0 Å². The van der Waals surface area contributed by atoms with Crippen LogP contribution in [0.15, 0.2) is 4.99 Å². The van der Waals surface area contributed by atoms with Crippen LogP contribution in [0, 0.1) is 5.92 Å². The number of carbonyl (C=O) groups excluding carboxylic acids is 7. The molecule has 0 spiro atoms. The number of nitrogens with one attached hydrogen (secondary N) is 6. The number of carboxylic acid groups (broad SMARTS) is 1. The molecule has 8 atom stereocenters. The fourth-order valence-corrected chi connectivity index (χ4v) is 6.88. The summed E-state index contributed by atoms with van der Waals surface area (Å²) < 4.78 is 0. The van der Waals surface area contributed by atoms with Gasteiger partial charge in [0.25, 0.3) is 0 Å². The first-order valence-electron chi connectivity index (χ1n) is 16.4. The van der Waals surface area contributed by atoms with E-state index in [-0.39, 0.29) is 49.2 Å². The van der Waals surface area contributed by atoms with Crippen molar-refractivity contribution >= 4 is 74.9 Å². The summed E-state index contributed by atoms with van der Waals surface area (Å²) >= 11 is 0. The van der Waals surface area contributed by atoms with Crippen LogP contribution in [0.1, 0.15) is 46.5 Å². The largest absolute Gasteiger partial charge is 0.481 e. The predicted molar refractivity (Wildman–Crippen MR) is 194 cm³/mol. The van der Waals surface area contributed by atoms with E-state index in [0.717, 1.165) is 28.5 Å². The maximum absolute atomic E-state index is 13.4. The van der Waals surface area contributed by atoms with Gasteiger partial charge in [-0.3, -0.25) is 43.3 Å². The van der Waals surface area contributed by atoms with Crippen molar-refractivity contribution in [1.82, 2.24) is 31.9 Å². The standard InChI is InChI=1S/C29H51N11O11S2/c1-12(2)7-16-25(48)39-19(22(31)45)11-53-52-10-14(30)23(46)35-15(5-4-6-34-29(32)33)24(47)38-18(9-41)27(50)36-17(8-20(43)44)26(49)40-21(13(3)42)28(51)37-16/h12-19,21,41-42H,4-11,30H2,1-3H3,(H2,31,45)(H,35,46)(H,36,50)(H,37,51)(H,38,47)(H,39,48)(H,40,49)(H,43,44)(H4,32,33,34)/t13-,14-,15-,16-,17-,18+,19-,21+/m1/s1. The minimum absolute atomic E-state index is 0.0383. The van der Waals surface area contributed by atoms with E-state index in [2.05, 4.69) is 36.9 Å². The molecule has 0 saturated carbocycles. The molecule has 0 aromatic heterocycles. The van der Waals surface area contributed by atoms with Gasteiger partial charge in [0.15, 0.2) is 5.96 Å². The van der Waals surface area contributed by atoms with Crippen molar-refractivity contribution in [2.75, 3.05) is 24.7 Å². The Bertz CT molecular complexity index is 1350. The third-order valence-electron chi connectivity index (χ3n) is 7.37. The fourth-order valence-electron chi connectivity index (χ4n) is 4.58. The van der Waals surface area contributed by atoms with Gasteiger partial charge < -0.3 is 70.2 Å². The average Bonchev–Trinajstić information content (AvgIpc) is 3.06. The molecule has 53 heavy (non-hydrogen) atoms. The minimum atomic E-state index is -1.91. The summed E-state index contributed by atoms with van der Waals surface area (Å²) in [6, 6.07) is -10.5. The number of aliphatic hydroxyl groups is 2. The van der Waals surface area contributed by atoms with Gasteiger partial charge in [0.1, 0.15) is 36.3 Å². The Morgan fingerprint density at radius 2 is 1.30 bits per heavy atom. The zero-order valence-corrected chi connectivity index (χ0v) is 31.2. The lowest BCUT2D eigenvalue weighted by Gasteiger charge is -2.28. The molecule has 17 N–H and O–H groups in total. The molecule has 1 fully saturated rings. The van der Waals surface area contributed by atoms with Gasteiger partial charge in [0.05, 0.1) is 25.2 Å². The molecule has 0 aromatic rings. The van der Waals surface area contributed by atoms with Crippen LogP contribution in [-0.4, -0.2) is 142 Å². The topological polar surface area (TPSA) is 386 Å². The van der Waals surface area contributed by atoms with Crippen molar-refractivity contribution in [2.24, 2.45) is 33.8 Å². The number of carboxylic acids is 1. The molecule has 0 bridgehead atoms. The highest BCUT2D eigenvalue weighted by atomic mass is 33.1. The summed E-state index contributed by atoms with van der Waals surface area (Å²) in [7, 11) is 2.10. The monoisotopic (exact) mass is 793 g/mol. The molecule has 1 aliphatic heterocycles. The van der Waals surface area contributed by atoms with E-state index in [1.165, 1.54) is 0 Å². The zero-order chi connectivity index (χ0) is 40.4. The smallest absolute Gasteiger partial charge is 0.305 e. The second-order valence-electron chi connectivity index (χ2n) is 12.5. The predicted octanol–water partition coefficient (Wildman–Crippen LogP) is -5.95. The number of nitrogens with two attached hydrogens (primary N) is 4. The number of aliphatic carboxylic acids is 1. The van der Waals surface area contributed by atoms with Crippen LogP contribution in [0.2, 0.25) is 0 Å². The number of aliphatic imine (C=N–C) groups is 1. The highest BCUT2D eigenvalue weighted by Gasteiger charge is 2.36. The highest BCUT2D eigenvalue weighted by Crippen LogP contribution is 2.23. The molecule has 0 radical (unpaired) electrons. The number of guanidine groups is 1. The van der Waals surface area contributed by atoms with Crippen molar-refractivity contribution in [3.63, 3.8) is 0 Å². The molecule has 0 aromatic carbocycles. The van der Waals surface area contributed by atoms with Crippen molar-refractivity contribution in [3.8, 4) is 0 Å². The van der Waals surface area contributed by atoms with Crippen LogP contribution in [0.25, 0.3) is 0 Å². The normalized spacial score (nSPS) is 26.8. The van der Waals surface area contributed by atoms with E-state index in [1.54, 1.807) is 13.8 Å². The van der Waals surface area contributed by atoms with E-state index in [0.29, 0.717) is 0 Å². The molecule has 1 heterocycles. The van der Waals surface area contributed by atoms with E-state index < -0.39 is 109 Å². The quantitative estimate of drug-likeness (QED) is 0.0401. The minimum Gasteiger partial charge on any atom is -0.481 e. The second-order valence-corrected chi connectivity index (χ2v) is 15.0. The Kier molecular flexibility index (Phi) is 20.5. The first kappa shape index (κ1) is 46.6. The van der Waals surface area contributed by atoms with E-state index in [1.807, 2.05) is 0 Å². The highest BCUT2D eigenvalue weighted by molar-refractivity contribution is 8.76. The van der Waals surface area contributed by atoms with Crippen molar-refractivity contribution < 1.29 is 53.7 Å². The van der Waals surface area contributed by atoms with Crippen LogP contribution >= 0.6 is 21.6 Å². The summed E-state index contributed by atoms with van der Waals surface area (Å²) in [5.41, 5.74) is 22.2. The third-order valence-corrected chi connectivity index (χ3v) is 9.82. The Hall–Kier alpha value is -4.39. The van der Waals surface area contributed by atoms with Crippen LogP contribution in [0.3, 0.4) is 0 Å². The van der Waals surface area contributed by atoms with Crippen LogP contribution in [0.5, 0.6) is 0 Å². The number of amides is 7. The summed E-state index contributed by atoms with van der Waals surface area (Å²) in [6.45, 7) is 3.63. The lowest BCUT2D eigenvalue weighted by atomic mass is 10.0. The van der Waals surface area contributed by atoms with Gasteiger partial charge in [-0.25, -0.2) is 0 Å². The van der Waals surface area contributed by atoms with Crippen LogP contribution in [-0.2, 0) is 38.4 Å². The van der Waals surface area contributed by atoms with Gasteiger partial charge >= 0.3 is 5.97 Å². The molecular weight excluding hydrogens is 743 g/mol. The van der Waals surface area contributed by atoms with Gasteiger partial charge in [0.2, 0.25) is 41.4 Å². The molecule has 7 amide bonds. The van der Waals surface area contributed by atoms with Gasteiger partial charge in [-0.1, -0.05) is 35.4 Å². The summed E-state index contributed by atoms with van der Waals surface area (Å²) in [5, 5.41) is 43.7. The average molecular weight is 794 g/mol. The molecule has 24 heteroatoms. The Morgan fingerprint density at radius 1 is 0.774 bits per heavy atom. The number of rotatable bonds is 11. The number of aliphatic hydroxyl groups excluding tert-OH is 2. The Labute approximate surface area is 313 Å². The Balaban J connectivity index is 3.58. The lowest BCUT2D eigenvalue weighted by Crippen LogP contribution is -2.62. The summed E-state index contributed by atoms with van der Waals surface area (Å²) in [5.74, 6) is -9.13. The van der Waals surface area contributed by atoms with Gasteiger partial charge in [0, 0.05) is 18.1 Å². The molecular formula is C29H51N11O11S2. The molecule has 1 aliphatic rings. The zero-order valence-electron chi connectivity index (χ0n) is 29.5. The number of hydrogen-bond acceptors (Lipinski definition) is 14. The molecule has 0 aliphatic carbocycles. The molecule has 1 rings (SSSR count). The Morgan fingerprint density at radius 3 is 1.85 bits per heavy atom. The van der Waals surface area contributed by atoms with E-state index >= 15 is 0 Å². The number of primary amides is 1.